The highest BCUT2D eigenvalue weighted by atomic mass is 32.1. The van der Waals surface area contributed by atoms with Crippen LogP contribution in [0, 0.1) is 5.41 Å². The van der Waals surface area contributed by atoms with Gasteiger partial charge in [0.25, 0.3) is 0 Å². The van der Waals surface area contributed by atoms with E-state index >= 15 is 0 Å². The van der Waals surface area contributed by atoms with E-state index in [1.165, 1.54) is 0 Å². The Morgan fingerprint density at radius 2 is 1.53 bits per heavy atom. The lowest BCUT2D eigenvalue weighted by molar-refractivity contribution is -0.143. The number of halogens is 6. The minimum atomic E-state index is -4.99. The van der Waals surface area contributed by atoms with Crippen LogP contribution in [0.2, 0.25) is 0 Å². The van der Waals surface area contributed by atoms with E-state index in [-0.39, 0.29) is 23.1 Å². The molecule has 1 amide bonds. The van der Waals surface area contributed by atoms with Gasteiger partial charge in [-0.1, -0.05) is 51.1 Å². The molecule has 2 unspecified atom stereocenters. The normalized spacial score (nSPS) is 17.6. The minimum Gasteiger partial charge on any atom is -0.350 e. The zero-order valence-corrected chi connectivity index (χ0v) is 20.7. The largest absolute Gasteiger partial charge is 0.416 e. The number of nitrogens with zero attached hydrogens (tertiary/aromatic N) is 1. The van der Waals surface area contributed by atoms with E-state index in [0.717, 1.165) is 18.4 Å². The summed E-state index contributed by atoms with van der Waals surface area (Å²) in [6.07, 6.45) is -8.40. The maximum atomic E-state index is 13.6. The van der Waals surface area contributed by atoms with Gasteiger partial charge in [-0.25, -0.2) is 0 Å². The molecule has 2 atom stereocenters. The molecule has 1 fully saturated rings. The Bertz CT molecular complexity index is 1060. The van der Waals surface area contributed by atoms with Crippen LogP contribution < -0.4 is 10.6 Å². The highest BCUT2D eigenvalue weighted by Gasteiger charge is 2.40. The highest BCUT2D eigenvalue weighted by molar-refractivity contribution is 7.80. The Kier molecular flexibility index (Phi) is 7.92. The first-order valence-corrected chi connectivity index (χ1v) is 11.7. The monoisotopic (exact) mass is 531 g/mol. The number of rotatable bonds is 4. The number of carbonyl (C=O) groups excluding carboxylic acids is 1. The molecule has 0 saturated carbocycles. The summed E-state index contributed by atoms with van der Waals surface area (Å²) in [7, 11) is 0. The number of hydrogen-bond donors (Lipinski definition) is 2. The Balaban J connectivity index is 1.84. The maximum absolute atomic E-state index is 13.6. The number of amides is 1. The third-order valence-corrected chi connectivity index (χ3v) is 6.17. The molecular weight excluding hydrogens is 504 g/mol. The van der Waals surface area contributed by atoms with Crippen molar-refractivity contribution in [1.29, 1.82) is 0 Å². The molecule has 1 aliphatic rings. The van der Waals surface area contributed by atoms with Crippen LogP contribution in [-0.4, -0.2) is 28.5 Å². The molecule has 36 heavy (non-hydrogen) atoms. The summed E-state index contributed by atoms with van der Waals surface area (Å²) in [6, 6.07) is 9.65. The molecule has 0 bridgehead atoms. The molecule has 3 rings (SSSR count). The van der Waals surface area contributed by atoms with Crippen LogP contribution in [0.3, 0.4) is 0 Å². The third-order valence-electron chi connectivity index (χ3n) is 5.95. The van der Waals surface area contributed by atoms with Crippen molar-refractivity contribution >= 4 is 28.9 Å². The number of likely N-dealkylation sites (tertiary alicyclic amines) is 1. The van der Waals surface area contributed by atoms with E-state index < -0.39 is 40.6 Å². The SMILES string of the molecule is CC(C)(C)C(NC(=S)Nc1cc(C(F)(F)F)cc(C(F)(F)F)c1)C(=O)N1CCCC1c1ccccc1. The van der Waals surface area contributed by atoms with E-state index in [0.29, 0.717) is 18.7 Å². The van der Waals surface area contributed by atoms with Crippen LogP contribution in [-0.2, 0) is 17.1 Å². The molecular formula is C25H27F6N3OS. The molecule has 196 valence electrons. The molecule has 1 saturated heterocycles. The predicted octanol–water partition coefficient (Wildman–Crippen LogP) is 6.79. The second kappa shape index (κ2) is 10.3. The highest BCUT2D eigenvalue weighted by Crippen LogP contribution is 2.38. The lowest BCUT2D eigenvalue weighted by Gasteiger charge is -2.36. The molecule has 1 aliphatic heterocycles. The standard InChI is InChI=1S/C25H27F6N3OS/c1-23(2,3)20(21(35)34-11-7-10-19(34)15-8-5-4-6-9-15)33-22(36)32-18-13-16(24(26,27)28)12-17(14-18)25(29,30)31/h4-6,8-9,12-14,19-20H,7,10-11H2,1-3H3,(H2,32,33,36). The van der Waals surface area contributed by atoms with Crippen LogP contribution in [0.15, 0.2) is 48.5 Å². The first-order valence-electron chi connectivity index (χ1n) is 11.3. The number of alkyl halides is 6. The van der Waals surface area contributed by atoms with Crippen LogP contribution in [0.4, 0.5) is 32.0 Å². The van der Waals surface area contributed by atoms with Gasteiger partial charge in [0.2, 0.25) is 5.91 Å². The van der Waals surface area contributed by atoms with Crippen LogP contribution in [0.1, 0.15) is 56.3 Å². The van der Waals surface area contributed by atoms with Crippen molar-refractivity contribution in [3.63, 3.8) is 0 Å². The fraction of sp³-hybridized carbons (Fsp3) is 0.440. The van der Waals surface area contributed by atoms with Gasteiger partial charge in [-0.15, -0.1) is 0 Å². The molecule has 2 N–H and O–H groups in total. The van der Waals surface area contributed by atoms with Gasteiger partial charge in [0.15, 0.2) is 5.11 Å². The summed E-state index contributed by atoms with van der Waals surface area (Å²) in [6.45, 7) is 5.91. The molecule has 0 radical (unpaired) electrons. The minimum absolute atomic E-state index is 0.0419. The number of thiocarbonyl (C=S) groups is 1. The zero-order valence-electron chi connectivity index (χ0n) is 19.9. The van der Waals surface area contributed by atoms with Crippen molar-refractivity contribution in [3.8, 4) is 0 Å². The van der Waals surface area contributed by atoms with E-state index in [1.807, 2.05) is 30.3 Å². The van der Waals surface area contributed by atoms with Gasteiger partial charge in [-0.2, -0.15) is 26.3 Å². The molecule has 11 heteroatoms. The van der Waals surface area contributed by atoms with Gasteiger partial charge in [-0.3, -0.25) is 4.79 Å². The number of carbonyl (C=O) groups is 1. The lowest BCUT2D eigenvalue weighted by atomic mass is 9.85. The van der Waals surface area contributed by atoms with Gasteiger partial charge >= 0.3 is 12.4 Å². The quantitative estimate of drug-likeness (QED) is 0.337. The molecule has 2 aromatic carbocycles. The Morgan fingerprint density at radius 3 is 2.03 bits per heavy atom. The van der Waals surface area contributed by atoms with Crippen molar-refractivity contribution in [1.82, 2.24) is 10.2 Å². The fourth-order valence-electron chi connectivity index (χ4n) is 4.19. The lowest BCUT2D eigenvalue weighted by Crippen LogP contribution is -2.55. The van der Waals surface area contributed by atoms with Gasteiger partial charge in [0, 0.05) is 12.2 Å². The molecule has 1 heterocycles. The molecule has 2 aromatic rings. The smallest absolute Gasteiger partial charge is 0.350 e. The summed E-state index contributed by atoms with van der Waals surface area (Å²) in [4.78, 5) is 15.4. The number of hydrogen-bond acceptors (Lipinski definition) is 2. The van der Waals surface area contributed by atoms with Gasteiger partial charge < -0.3 is 15.5 Å². The second-order valence-corrected chi connectivity index (χ2v) is 10.2. The van der Waals surface area contributed by atoms with E-state index in [4.69, 9.17) is 12.2 Å². The average molecular weight is 532 g/mol. The Hall–Kier alpha value is -2.82. The van der Waals surface area contributed by atoms with Gasteiger partial charge in [0.05, 0.1) is 17.2 Å². The van der Waals surface area contributed by atoms with Crippen molar-refractivity contribution in [2.24, 2.45) is 5.41 Å². The summed E-state index contributed by atoms with van der Waals surface area (Å²) >= 11 is 5.22. The first-order chi connectivity index (χ1) is 16.6. The molecule has 0 aliphatic carbocycles. The fourth-order valence-corrected chi connectivity index (χ4v) is 4.43. The van der Waals surface area contributed by atoms with Crippen LogP contribution in [0.5, 0.6) is 0 Å². The summed E-state index contributed by atoms with van der Waals surface area (Å²) < 4.78 is 79.2. The maximum Gasteiger partial charge on any atom is 0.416 e. The summed E-state index contributed by atoms with van der Waals surface area (Å²) in [5.41, 5.74) is -3.10. The van der Waals surface area contributed by atoms with Gasteiger partial charge in [-0.05, 0) is 54.2 Å². The van der Waals surface area contributed by atoms with E-state index in [2.05, 4.69) is 10.6 Å². The first kappa shape index (κ1) is 27.8. The van der Waals surface area contributed by atoms with E-state index in [9.17, 15) is 31.1 Å². The van der Waals surface area contributed by atoms with Crippen molar-refractivity contribution in [3.05, 3.63) is 65.2 Å². The predicted molar refractivity (Wildman–Crippen MR) is 129 cm³/mol. The Labute approximate surface area is 211 Å². The number of nitrogens with one attached hydrogen (secondary N) is 2. The number of anilines is 1. The number of benzene rings is 2. The summed E-state index contributed by atoms with van der Waals surface area (Å²) in [5.74, 6) is -0.252. The van der Waals surface area contributed by atoms with Crippen molar-refractivity contribution in [2.45, 2.75) is 58.0 Å². The van der Waals surface area contributed by atoms with E-state index in [1.54, 1.807) is 25.7 Å². The third kappa shape index (κ3) is 6.68. The van der Waals surface area contributed by atoms with Crippen molar-refractivity contribution < 1.29 is 31.1 Å². The topological polar surface area (TPSA) is 44.4 Å². The molecule has 0 aromatic heterocycles. The zero-order chi connectivity index (χ0) is 26.9. The van der Waals surface area contributed by atoms with Crippen molar-refractivity contribution in [2.75, 3.05) is 11.9 Å². The van der Waals surface area contributed by atoms with Gasteiger partial charge in [0.1, 0.15) is 6.04 Å². The molecule has 0 spiro atoms. The Morgan fingerprint density at radius 1 is 0.972 bits per heavy atom. The average Bonchev–Trinajstić information content (AvgIpc) is 3.25. The second-order valence-electron chi connectivity index (χ2n) is 9.79. The summed E-state index contributed by atoms with van der Waals surface area (Å²) in [5, 5.41) is 4.99. The molecule has 4 nitrogen and oxygen atoms in total. The van der Waals surface area contributed by atoms with Crippen LogP contribution >= 0.6 is 12.2 Å². The van der Waals surface area contributed by atoms with Crippen LogP contribution in [0.25, 0.3) is 0 Å².